The monoisotopic (exact) mass is 332 g/mol. The molecule has 0 atom stereocenters. The quantitative estimate of drug-likeness (QED) is 0.935. The van der Waals surface area contributed by atoms with E-state index in [0.717, 1.165) is 24.5 Å². The van der Waals surface area contributed by atoms with Crippen LogP contribution in [0.25, 0.3) is 0 Å². The summed E-state index contributed by atoms with van der Waals surface area (Å²) < 4.78 is 5.37. The van der Waals surface area contributed by atoms with Crippen LogP contribution in [0.4, 0.5) is 11.4 Å². The van der Waals surface area contributed by atoms with Gasteiger partial charge in [0.25, 0.3) is 5.91 Å². The van der Waals surface area contributed by atoms with Gasteiger partial charge < -0.3 is 15.0 Å². The van der Waals surface area contributed by atoms with Crippen molar-refractivity contribution in [1.82, 2.24) is 9.97 Å². The number of nitrogens with one attached hydrogen (secondary N) is 1. The van der Waals surface area contributed by atoms with Crippen molar-refractivity contribution in [3.05, 3.63) is 47.0 Å². The lowest BCUT2D eigenvalue weighted by Gasteiger charge is -2.30. The molecule has 0 bridgehead atoms. The first-order chi connectivity index (χ1) is 11.1. The third-order valence-electron chi connectivity index (χ3n) is 3.57. The average Bonchev–Trinajstić information content (AvgIpc) is 2.56. The molecule has 1 aliphatic heterocycles. The fourth-order valence-corrected chi connectivity index (χ4v) is 2.56. The minimum Gasteiger partial charge on any atom is -0.378 e. The number of benzene rings is 1. The van der Waals surface area contributed by atoms with Gasteiger partial charge >= 0.3 is 0 Å². The smallest absolute Gasteiger partial charge is 0.275 e. The van der Waals surface area contributed by atoms with E-state index in [1.807, 2.05) is 19.1 Å². The van der Waals surface area contributed by atoms with E-state index in [1.54, 1.807) is 12.3 Å². The molecule has 1 N–H and O–H groups in total. The molecule has 1 aromatic heterocycles. The van der Waals surface area contributed by atoms with Crippen molar-refractivity contribution in [2.24, 2.45) is 0 Å². The number of hydrogen-bond donors (Lipinski definition) is 1. The molecule has 0 unspecified atom stereocenters. The van der Waals surface area contributed by atoms with Gasteiger partial charge in [-0.15, -0.1) is 0 Å². The van der Waals surface area contributed by atoms with Crippen LogP contribution in [-0.2, 0) is 4.74 Å². The molecule has 1 aliphatic rings. The second kappa shape index (κ2) is 6.93. The van der Waals surface area contributed by atoms with Gasteiger partial charge in [0.2, 0.25) is 0 Å². The molecule has 1 amide bonds. The molecule has 7 heteroatoms. The predicted octanol–water partition coefficient (Wildman–Crippen LogP) is 2.53. The molecule has 0 radical (unpaired) electrons. The molecule has 0 saturated carbocycles. The summed E-state index contributed by atoms with van der Waals surface area (Å²) in [5.74, 6) is -0.311. The summed E-state index contributed by atoms with van der Waals surface area (Å²) in [5.41, 5.74) is 2.61. The number of aromatic nitrogens is 2. The minimum absolute atomic E-state index is 0.267. The molecule has 1 aromatic carbocycles. The Kier molecular flexibility index (Phi) is 4.73. The molecule has 2 heterocycles. The van der Waals surface area contributed by atoms with Crippen LogP contribution in [0.5, 0.6) is 0 Å². The Hall–Kier alpha value is -2.18. The van der Waals surface area contributed by atoms with E-state index in [-0.39, 0.29) is 11.6 Å². The van der Waals surface area contributed by atoms with Crippen LogP contribution in [0.1, 0.15) is 16.2 Å². The molecular weight excluding hydrogens is 316 g/mol. The van der Waals surface area contributed by atoms with E-state index in [9.17, 15) is 4.79 Å². The first-order valence-electron chi connectivity index (χ1n) is 7.36. The molecule has 6 nitrogen and oxygen atoms in total. The number of aryl methyl sites for hydroxylation is 1. The van der Waals surface area contributed by atoms with Gasteiger partial charge in [0.1, 0.15) is 5.69 Å². The van der Waals surface area contributed by atoms with E-state index in [0.29, 0.717) is 23.9 Å². The lowest BCUT2D eigenvalue weighted by atomic mass is 10.2. The van der Waals surface area contributed by atoms with Crippen LogP contribution in [0.15, 0.2) is 30.6 Å². The van der Waals surface area contributed by atoms with Gasteiger partial charge in [0.15, 0.2) is 0 Å². The number of rotatable bonds is 3. The van der Waals surface area contributed by atoms with E-state index < -0.39 is 0 Å². The molecule has 23 heavy (non-hydrogen) atoms. The Morgan fingerprint density at radius 3 is 2.74 bits per heavy atom. The number of nitrogens with zero attached hydrogens (tertiary/aromatic N) is 3. The predicted molar refractivity (Wildman–Crippen MR) is 89.2 cm³/mol. The van der Waals surface area contributed by atoms with Gasteiger partial charge in [0.05, 0.1) is 36.5 Å². The lowest BCUT2D eigenvalue weighted by Crippen LogP contribution is -2.36. The largest absolute Gasteiger partial charge is 0.378 e. The maximum atomic E-state index is 12.4. The lowest BCUT2D eigenvalue weighted by molar-refractivity contribution is 0.102. The molecule has 1 fully saturated rings. The first-order valence-corrected chi connectivity index (χ1v) is 7.73. The van der Waals surface area contributed by atoms with Gasteiger partial charge in [0, 0.05) is 24.3 Å². The molecule has 120 valence electrons. The number of carbonyl (C=O) groups is 1. The first kappa shape index (κ1) is 15.7. The average molecular weight is 333 g/mol. The topological polar surface area (TPSA) is 67.4 Å². The zero-order valence-electron chi connectivity index (χ0n) is 12.8. The highest BCUT2D eigenvalue weighted by molar-refractivity contribution is 6.31. The van der Waals surface area contributed by atoms with E-state index in [1.165, 1.54) is 6.20 Å². The Morgan fingerprint density at radius 2 is 2.04 bits per heavy atom. The van der Waals surface area contributed by atoms with Crippen LogP contribution < -0.4 is 10.2 Å². The van der Waals surface area contributed by atoms with Gasteiger partial charge in [-0.25, -0.2) is 4.98 Å². The van der Waals surface area contributed by atoms with Crippen molar-refractivity contribution in [3.63, 3.8) is 0 Å². The van der Waals surface area contributed by atoms with Crippen molar-refractivity contribution in [2.45, 2.75) is 6.92 Å². The van der Waals surface area contributed by atoms with Gasteiger partial charge in [-0.1, -0.05) is 11.6 Å². The van der Waals surface area contributed by atoms with Crippen LogP contribution in [-0.4, -0.2) is 42.2 Å². The highest BCUT2D eigenvalue weighted by atomic mass is 35.5. The number of halogens is 1. The third-order valence-corrected chi connectivity index (χ3v) is 3.81. The second-order valence-corrected chi connectivity index (χ2v) is 5.69. The number of amides is 1. The fraction of sp³-hybridized carbons (Fsp3) is 0.312. The van der Waals surface area contributed by atoms with Crippen LogP contribution in [0.2, 0.25) is 5.02 Å². The number of ether oxygens (including phenoxy) is 1. The molecule has 3 rings (SSSR count). The van der Waals surface area contributed by atoms with Gasteiger partial charge in [-0.05, 0) is 25.1 Å². The highest BCUT2D eigenvalue weighted by Crippen LogP contribution is 2.30. The molecule has 2 aromatic rings. The second-order valence-electron chi connectivity index (χ2n) is 5.26. The van der Waals surface area contributed by atoms with E-state index in [2.05, 4.69) is 20.2 Å². The SMILES string of the molecule is Cc1cnc(C(=O)Nc2cc(Cl)ccc2N2CCOCC2)cn1. The minimum atomic E-state index is -0.311. The summed E-state index contributed by atoms with van der Waals surface area (Å²) in [5, 5.41) is 3.44. The van der Waals surface area contributed by atoms with Crippen LogP contribution >= 0.6 is 11.6 Å². The highest BCUT2D eigenvalue weighted by Gasteiger charge is 2.17. The zero-order chi connectivity index (χ0) is 16.2. The Labute approximate surface area is 139 Å². The van der Waals surface area contributed by atoms with Gasteiger partial charge in [-0.2, -0.15) is 0 Å². The number of anilines is 2. The maximum Gasteiger partial charge on any atom is 0.275 e. The Balaban J connectivity index is 1.84. The van der Waals surface area contributed by atoms with Gasteiger partial charge in [-0.3, -0.25) is 9.78 Å². The summed E-state index contributed by atoms with van der Waals surface area (Å²) in [4.78, 5) is 22.7. The number of morpholine rings is 1. The fourth-order valence-electron chi connectivity index (χ4n) is 2.38. The van der Waals surface area contributed by atoms with Crippen molar-refractivity contribution in [3.8, 4) is 0 Å². The molecule has 0 aliphatic carbocycles. The van der Waals surface area contributed by atoms with Crippen molar-refractivity contribution >= 4 is 28.9 Å². The summed E-state index contributed by atoms with van der Waals surface area (Å²) >= 11 is 6.08. The Morgan fingerprint density at radius 1 is 1.26 bits per heavy atom. The summed E-state index contributed by atoms with van der Waals surface area (Å²) in [6, 6.07) is 5.46. The zero-order valence-corrected chi connectivity index (χ0v) is 13.5. The number of hydrogen-bond acceptors (Lipinski definition) is 5. The van der Waals surface area contributed by atoms with Crippen LogP contribution in [0.3, 0.4) is 0 Å². The van der Waals surface area contributed by atoms with Crippen LogP contribution in [0, 0.1) is 6.92 Å². The summed E-state index contributed by atoms with van der Waals surface area (Å²) in [7, 11) is 0. The number of carbonyl (C=O) groups excluding carboxylic acids is 1. The Bertz CT molecular complexity index is 700. The molecule has 0 spiro atoms. The summed E-state index contributed by atoms with van der Waals surface area (Å²) in [6.07, 6.45) is 3.03. The normalized spacial score (nSPS) is 14.6. The van der Waals surface area contributed by atoms with E-state index in [4.69, 9.17) is 16.3 Å². The van der Waals surface area contributed by atoms with Crippen molar-refractivity contribution in [1.29, 1.82) is 0 Å². The molecular formula is C16H17ClN4O2. The third kappa shape index (κ3) is 3.78. The summed E-state index contributed by atoms with van der Waals surface area (Å²) in [6.45, 7) is 4.70. The van der Waals surface area contributed by atoms with Crippen molar-refractivity contribution < 1.29 is 9.53 Å². The van der Waals surface area contributed by atoms with E-state index >= 15 is 0 Å². The standard InChI is InChI=1S/C16H17ClN4O2/c1-11-9-19-14(10-18-11)16(22)20-13-8-12(17)2-3-15(13)21-4-6-23-7-5-21/h2-3,8-10H,4-7H2,1H3,(H,20,22). The van der Waals surface area contributed by atoms with Crippen molar-refractivity contribution in [2.75, 3.05) is 36.5 Å². The maximum absolute atomic E-state index is 12.4. The molecule has 1 saturated heterocycles.